The highest BCUT2D eigenvalue weighted by atomic mass is 79.9. The molecule has 0 atom stereocenters. The molecule has 0 aliphatic carbocycles. The number of aromatic nitrogens is 1. The fraction of sp³-hybridized carbons (Fsp3) is 0.444. The van der Waals surface area contributed by atoms with Gasteiger partial charge in [-0.25, -0.2) is 4.98 Å². The second-order valence-corrected chi connectivity index (χ2v) is 5.11. The Morgan fingerprint density at radius 1 is 1.62 bits per heavy atom. The number of hydrogen-bond acceptors (Lipinski definition) is 3. The van der Waals surface area contributed by atoms with E-state index in [2.05, 4.69) is 27.8 Å². The maximum atomic E-state index is 5.11. The molecule has 1 aromatic heterocycles. The molecule has 0 N–H and O–H groups in total. The van der Waals surface area contributed by atoms with Crippen LogP contribution in [0.3, 0.4) is 0 Å². The Morgan fingerprint density at radius 3 is 3.00 bits per heavy atom. The summed E-state index contributed by atoms with van der Waals surface area (Å²) in [7, 11) is 0. The van der Waals surface area contributed by atoms with Gasteiger partial charge in [-0.3, -0.25) is 0 Å². The average molecular weight is 260 g/mol. The monoisotopic (exact) mass is 259 g/mol. The van der Waals surface area contributed by atoms with Crippen LogP contribution >= 0.6 is 27.7 Å². The van der Waals surface area contributed by atoms with Crippen molar-refractivity contribution in [2.45, 2.75) is 17.2 Å². The zero-order chi connectivity index (χ0) is 9.26. The molecule has 1 aliphatic rings. The van der Waals surface area contributed by atoms with Crippen LogP contribution in [-0.2, 0) is 4.74 Å². The van der Waals surface area contributed by atoms with E-state index < -0.39 is 0 Å². The van der Waals surface area contributed by atoms with Crippen LogP contribution in [0.5, 0.6) is 0 Å². The number of thioether (sulfide) groups is 1. The zero-order valence-electron chi connectivity index (χ0n) is 7.29. The van der Waals surface area contributed by atoms with Gasteiger partial charge in [-0.1, -0.05) is 11.8 Å². The SMILES string of the molecule is Cc1ccnc(SC2COC2)c1Br. The largest absolute Gasteiger partial charge is 0.379 e. The highest BCUT2D eigenvalue weighted by Crippen LogP contribution is 2.33. The van der Waals surface area contributed by atoms with Crippen LogP contribution in [0.25, 0.3) is 0 Å². The van der Waals surface area contributed by atoms with Gasteiger partial charge in [0.05, 0.1) is 22.9 Å². The van der Waals surface area contributed by atoms with Crippen molar-refractivity contribution >= 4 is 27.7 Å². The Balaban J connectivity index is 2.14. The number of nitrogens with zero attached hydrogens (tertiary/aromatic N) is 1. The first-order chi connectivity index (χ1) is 6.27. The molecule has 1 fully saturated rings. The minimum atomic E-state index is 0.589. The van der Waals surface area contributed by atoms with E-state index in [1.165, 1.54) is 5.56 Å². The average Bonchev–Trinajstić information content (AvgIpc) is 2.04. The molecule has 13 heavy (non-hydrogen) atoms. The lowest BCUT2D eigenvalue weighted by atomic mass is 10.3. The molecule has 0 unspecified atom stereocenters. The van der Waals surface area contributed by atoms with Gasteiger partial charge in [0.25, 0.3) is 0 Å². The van der Waals surface area contributed by atoms with E-state index in [1.54, 1.807) is 11.8 Å². The summed E-state index contributed by atoms with van der Waals surface area (Å²) in [6.45, 7) is 3.78. The summed E-state index contributed by atoms with van der Waals surface area (Å²) in [5.74, 6) is 0. The lowest BCUT2D eigenvalue weighted by Crippen LogP contribution is -2.30. The molecule has 0 spiro atoms. The minimum absolute atomic E-state index is 0.589. The van der Waals surface area contributed by atoms with Gasteiger partial charge in [-0.05, 0) is 34.5 Å². The van der Waals surface area contributed by atoms with Crippen LogP contribution in [0.2, 0.25) is 0 Å². The van der Waals surface area contributed by atoms with Crippen LogP contribution in [-0.4, -0.2) is 23.4 Å². The summed E-state index contributed by atoms with van der Waals surface area (Å²) in [5.41, 5.74) is 1.23. The summed E-state index contributed by atoms with van der Waals surface area (Å²) in [4.78, 5) is 4.32. The second kappa shape index (κ2) is 3.98. The number of hydrogen-bond donors (Lipinski definition) is 0. The summed E-state index contributed by atoms with van der Waals surface area (Å²) < 4.78 is 6.23. The zero-order valence-corrected chi connectivity index (χ0v) is 9.69. The van der Waals surface area contributed by atoms with Crippen molar-refractivity contribution in [2.75, 3.05) is 13.2 Å². The molecule has 0 amide bonds. The Hall–Kier alpha value is -0.0600. The Morgan fingerprint density at radius 2 is 2.38 bits per heavy atom. The lowest BCUT2D eigenvalue weighted by molar-refractivity contribution is 0.0454. The number of rotatable bonds is 2. The van der Waals surface area contributed by atoms with Gasteiger partial charge < -0.3 is 4.74 Å². The standard InChI is InChI=1S/C9H10BrNOS/c1-6-2-3-11-9(8(6)10)13-7-4-12-5-7/h2-3,7H,4-5H2,1H3. The summed E-state index contributed by atoms with van der Waals surface area (Å²) in [5, 5.41) is 1.67. The van der Waals surface area contributed by atoms with Gasteiger partial charge >= 0.3 is 0 Å². The quantitative estimate of drug-likeness (QED) is 0.816. The van der Waals surface area contributed by atoms with Crippen molar-refractivity contribution in [3.63, 3.8) is 0 Å². The number of halogens is 1. The molecule has 0 saturated carbocycles. The van der Waals surface area contributed by atoms with Gasteiger partial charge in [0.1, 0.15) is 5.03 Å². The normalized spacial score (nSPS) is 17.1. The van der Waals surface area contributed by atoms with Crippen LogP contribution in [0.1, 0.15) is 5.56 Å². The summed E-state index contributed by atoms with van der Waals surface area (Å²) >= 11 is 5.33. The highest BCUT2D eigenvalue weighted by Gasteiger charge is 2.21. The van der Waals surface area contributed by atoms with E-state index in [0.29, 0.717) is 5.25 Å². The van der Waals surface area contributed by atoms with Gasteiger partial charge in [0, 0.05) is 6.20 Å². The van der Waals surface area contributed by atoms with Crippen LogP contribution in [0.4, 0.5) is 0 Å². The number of pyridine rings is 1. The molecule has 0 aromatic carbocycles. The van der Waals surface area contributed by atoms with Gasteiger partial charge in [-0.15, -0.1) is 0 Å². The van der Waals surface area contributed by atoms with Gasteiger partial charge in [-0.2, -0.15) is 0 Å². The third-order valence-electron chi connectivity index (χ3n) is 1.94. The molecule has 1 aliphatic heterocycles. The Bertz CT molecular complexity index is 314. The molecule has 1 aromatic rings. The maximum absolute atomic E-state index is 5.11. The van der Waals surface area contributed by atoms with Crippen molar-refractivity contribution in [3.05, 3.63) is 22.3 Å². The molecule has 2 rings (SSSR count). The van der Waals surface area contributed by atoms with Gasteiger partial charge in [0.15, 0.2) is 0 Å². The molecule has 0 bridgehead atoms. The van der Waals surface area contributed by atoms with Crippen LogP contribution < -0.4 is 0 Å². The first-order valence-electron chi connectivity index (χ1n) is 4.13. The van der Waals surface area contributed by atoms with E-state index in [4.69, 9.17) is 4.74 Å². The van der Waals surface area contributed by atoms with E-state index in [0.717, 1.165) is 22.7 Å². The van der Waals surface area contributed by atoms with Crippen molar-refractivity contribution in [1.29, 1.82) is 0 Å². The first kappa shape index (κ1) is 9.49. The summed E-state index contributed by atoms with van der Waals surface area (Å²) in [6, 6.07) is 2.01. The molecule has 2 heterocycles. The molecule has 2 nitrogen and oxygen atoms in total. The first-order valence-corrected chi connectivity index (χ1v) is 5.80. The third kappa shape index (κ3) is 2.06. The van der Waals surface area contributed by atoms with E-state index in [1.807, 2.05) is 12.3 Å². The van der Waals surface area contributed by atoms with Crippen molar-refractivity contribution < 1.29 is 4.74 Å². The fourth-order valence-corrected chi connectivity index (χ4v) is 2.58. The molecular formula is C9H10BrNOS. The number of aryl methyl sites for hydroxylation is 1. The Kier molecular flexibility index (Phi) is 2.91. The fourth-order valence-electron chi connectivity index (χ4n) is 1.04. The van der Waals surface area contributed by atoms with Crippen LogP contribution in [0.15, 0.2) is 21.8 Å². The van der Waals surface area contributed by atoms with E-state index >= 15 is 0 Å². The van der Waals surface area contributed by atoms with Crippen molar-refractivity contribution in [1.82, 2.24) is 4.98 Å². The molecule has 70 valence electrons. The summed E-state index contributed by atoms with van der Waals surface area (Å²) in [6.07, 6.45) is 1.85. The smallest absolute Gasteiger partial charge is 0.111 e. The minimum Gasteiger partial charge on any atom is -0.379 e. The Labute approximate surface area is 90.2 Å². The molecule has 4 heteroatoms. The van der Waals surface area contributed by atoms with Gasteiger partial charge in [0.2, 0.25) is 0 Å². The lowest BCUT2D eigenvalue weighted by Gasteiger charge is -2.25. The molecule has 0 radical (unpaired) electrons. The highest BCUT2D eigenvalue weighted by molar-refractivity contribution is 9.10. The van der Waals surface area contributed by atoms with E-state index in [-0.39, 0.29) is 0 Å². The predicted molar refractivity (Wildman–Crippen MR) is 57.1 cm³/mol. The van der Waals surface area contributed by atoms with Crippen molar-refractivity contribution in [2.24, 2.45) is 0 Å². The van der Waals surface area contributed by atoms with E-state index in [9.17, 15) is 0 Å². The maximum Gasteiger partial charge on any atom is 0.111 e. The topological polar surface area (TPSA) is 22.1 Å². The third-order valence-corrected chi connectivity index (χ3v) is 4.34. The number of ether oxygens (including phenoxy) is 1. The van der Waals surface area contributed by atoms with Crippen LogP contribution in [0, 0.1) is 6.92 Å². The predicted octanol–water partition coefficient (Wildman–Crippen LogP) is 2.64. The van der Waals surface area contributed by atoms with Crippen molar-refractivity contribution in [3.8, 4) is 0 Å². The molecule has 1 saturated heterocycles. The molecular weight excluding hydrogens is 250 g/mol. The second-order valence-electron chi connectivity index (χ2n) is 3.02.